The molecular formula is C20H20F2N4O2. The van der Waals surface area contributed by atoms with Crippen LogP contribution in [0.5, 0.6) is 5.75 Å². The largest absolute Gasteiger partial charge is 0.489 e. The van der Waals surface area contributed by atoms with E-state index >= 15 is 0 Å². The molecule has 0 aliphatic heterocycles. The molecule has 1 unspecified atom stereocenters. The van der Waals surface area contributed by atoms with Crippen molar-refractivity contribution in [2.45, 2.75) is 38.7 Å². The van der Waals surface area contributed by atoms with Crippen molar-refractivity contribution >= 4 is 0 Å². The number of benzene rings is 2. The Hall–Kier alpha value is -3.03. The first-order chi connectivity index (χ1) is 13.3. The van der Waals surface area contributed by atoms with Crippen LogP contribution in [0, 0.1) is 13.8 Å². The molecule has 8 heteroatoms. The van der Waals surface area contributed by atoms with Gasteiger partial charge < -0.3 is 4.74 Å². The Morgan fingerprint density at radius 1 is 1.21 bits per heavy atom. The van der Waals surface area contributed by atoms with Crippen molar-refractivity contribution in [3.8, 4) is 11.4 Å². The normalized spacial score (nSPS) is 17.5. The lowest BCUT2D eigenvalue weighted by Crippen LogP contribution is -2.23. The summed E-state index contributed by atoms with van der Waals surface area (Å²) >= 11 is 0. The van der Waals surface area contributed by atoms with E-state index in [1.54, 1.807) is 18.2 Å². The van der Waals surface area contributed by atoms with Crippen LogP contribution in [0.25, 0.3) is 5.69 Å². The second-order valence-corrected chi connectivity index (χ2v) is 7.22. The van der Waals surface area contributed by atoms with Crippen LogP contribution < -0.4 is 10.4 Å². The SMILES string of the molecule is Cc1ccc(C)c(OCc2c(C3CC3(F)F)cccc2-n2nnn(C)c2=O)c1. The van der Waals surface area contributed by atoms with E-state index in [9.17, 15) is 13.6 Å². The lowest BCUT2D eigenvalue weighted by molar-refractivity contribution is 0.112. The minimum atomic E-state index is -2.74. The van der Waals surface area contributed by atoms with Crippen molar-refractivity contribution in [3.05, 3.63) is 69.1 Å². The van der Waals surface area contributed by atoms with E-state index in [1.807, 2.05) is 32.0 Å². The molecule has 4 rings (SSSR count). The Balaban J connectivity index is 1.78. The Labute approximate surface area is 160 Å². The van der Waals surface area contributed by atoms with Crippen LogP contribution in [0.4, 0.5) is 8.78 Å². The molecule has 1 atom stereocenters. The Kier molecular flexibility index (Phi) is 4.28. The molecule has 0 radical (unpaired) electrons. The molecule has 0 amide bonds. The van der Waals surface area contributed by atoms with Crippen molar-refractivity contribution in [3.63, 3.8) is 0 Å². The first-order valence-corrected chi connectivity index (χ1v) is 8.97. The van der Waals surface area contributed by atoms with Crippen LogP contribution in [0.2, 0.25) is 0 Å². The lowest BCUT2D eigenvalue weighted by Gasteiger charge is -2.16. The van der Waals surface area contributed by atoms with Gasteiger partial charge in [0.15, 0.2) is 0 Å². The van der Waals surface area contributed by atoms with Crippen LogP contribution in [0.3, 0.4) is 0 Å². The molecule has 146 valence electrons. The van der Waals surface area contributed by atoms with E-state index in [0.717, 1.165) is 20.5 Å². The van der Waals surface area contributed by atoms with E-state index in [1.165, 1.54) is 7.05 Å². The molecular weight excluding hydrogens is 366 g/mol. The fraction of sp³-hybridized carbons (Fsp3) is 0.350. The van der Waals surface area contributed by atoms with Gasteiger partial charge in [0.2, 0.25) is 0 Å². The zero-order valence-corrected chi connectivity index (χ0v) is 15.8. The van der Waals surface area contributed by atoms with Gasteiger partial charge in [-0.3, -0.25) is 0 Å². The minimum Gasteiger partial charge on any atom is -0.489 e. The van der Waals surface area contributed by atoms with Gasteiger partial charge in [0.1, 0.15) is 12.4 Å². The number of aryl methyl sites for hydroxylation is 3. The van der Waals surface area contributed by atoms with E-state index in [2.05, 4.69) is 10.4 Å². The van der Waals surface area contributed by atoms with Crippen molar-refractivity contribution in [2.75, 3.05) is 0 Å². The van der Waals surface area contributed by atoms with Crippen molar-refractivity contribution in [2.24, 2.45) is 7.05 Å². The predicted molar refractivity (Wildman–Crippen MR) is 99.2 cm³/mol. The van der Waals surface area contributed by atoms with Gasteiger partial charge in [0.25, 0.3) is 5.92 Å². The van der Waals surface area contributed by atoms with Crippen LogP contribution in [-0.2, 0) is 13.7 Å². The zero-order valence-electron chi connectivity index (χ0n) is 15.8. The van der Waals surface area contributed by atoms with Gasteiger partial charge in [-0.1, -0.05) is 24.3 Å². The maximum atomic E-state index is 13.8. The number of tetrazole rings is 1. The first kappa shape index (κ1) is 18.3. The summed E-state index contributed by atoms with van der Waals surface area (Å²) < 4.78 is 35.8. The molecule has 1 saturated carbocycles. The summed E-state index contributed by atoms with van der Waals surface area (Å²) in [4.78, 5) is 12.3. The highest BCUT2D eigenvalue weighted by atomic mass is 19.3. The quantitative estimate of drug-likeness (QED) is 0.675. The van der Waals surface area contributed by atoms with E-state index < -0.39 is 17.5 Å². The number of hydrogen-bond acceptors (Lipinski definition) is 4. The average Bonchev–Trinajstić information content (AvgIpc) is 3.17. The summed E-state index contributed by atoms with van der Waals surface area (Å²) in [6.07, 6.45) is -0.206. The lowest BCUT2D eigenvalue weighted by atomic mass is 10.0. The smallest absolute Gasteiger partial charge is 0.368 e. The monoisotopic (exact) mass is 386 g/mol. The molecule has 1 aliphatic carbocycles. The Morgan fingerprint density at radius 2 is 1.96 bits per heavy atom. The van der Waals surface area contributed by atoms with Gasteiger partial charge in [0.05, 0.1) is 11.6 Å². The van der Waals surface area contributed by atoms with Crippen LogP contribution >= 0.6 is 0 Å². The third kappa shape index (κ3) is 3.19. The molecule has 28 heavy (non-hydrogen) atoms. The summed E-state index contributed by atoms with van der Waals surface area (Å²) in [5.41, 5.74) is 2.93. The minimum absolute atomic E-state index is 0.0470. The second-order valence-electron chi connectivity index (χ2n) is 7.22. The van der Waals surface area contributed by atoms with Crippen LogP contribution in [0.1, 0.15) is 34.6 Å². The fourth-order valence-corrected chi connectivity index (χ4v) is 3.30. The molecule has 2 aromatic carbocycles. The average molecular weight is 386 g/mol. The highest BCUT2D eigenvalue weighted by Gasteiger charge is 2.58. The summed E-state index contributed by atoms with van der Waals surface area (Å²) in [6.45, 7) is 3.92. The summed E-state index contributed by atoms with van der Waals surface area (Å²) in [7, 11) is 1.48. The molecule has 0 bridgehead atoms. The van der Waals surface area contributed by atoms with Gasteiger partial charge in [-0.05, 0) is 53.1 Å². The number of alkyl halides is 2. The summed E-state index contributed by atoms with van der Waals surface area (Å²) in [5, 5.41) is 7.59. The van der Waals surface area contributed by atoms with Crippen molar-refractivity contribution in [1.29, 1.82) is 0 Å². The molecule has 1 aromatic heterocycles. The molecule has 0 N–H and O–H groups in total. The maximum Gasteiger partial charge on any atom is 0.368 e. The molecule has 1 aliphatic rings. The number of rotatable bonds is 5. The number of ether oxygens (including phenoxy) is 1. The van der Waals surface area contributed by atoms with Gasteiger partial charge in [-0.15, -0.1) is 0 Å². The second kappa shape index (κ2) is 6.54. The predicted octanol–water partition coefficient (Wildman–Crippen LogP) is 3.28. The topological polar surface area (TPSA) is 61.9 Å². The fourth-order valence-electron chi connectivity index (χ4n) is 3.30. The number of halogens is 2. The third-order valence-corrected chi connectivity index (χ3v) is 5.05. The molecule has 0 spiro atoms. The summed E-state index contributed by atoms with van der Waals surface area (Å²) in [5.74, 6) is -2.94. The van der Waals surface area contributed by atoms with Crippen molar-refractivity contribution in [1.82, 2.24) is 19.8 Å². The maximum absolute atomic E-state index is 13.8. The summed E-state index contributed by atoms with van der Waals surface area (Å²) in [6, 6.07) is 10.8. The van der Waals surface area contributed by atoms with Crippen LogP contribution in [-0.4, -0.2) is 25.7 Å². The third-order valence-electron chi connectivity index (χ3n) is 5.05. The molecule has 0 saturated heterocycles. The van der Waals surface area contributed by atoms with Gasteiger partial charge in [0, 0.05) is 19.0 Å². The molecule has 3 aromatic rings. The van der Waals surface area contributed by atoms with E-state index in [4.69, 9.17) is 4.74 Å². The number of nitrogens with zero attached hydrogens (tertiary/aromatic N) is 4. The highest BCUT2D eigenvalue weighted by Crippen LogP contribution is 2.56. The molecule has 1 fully saturated rings. The molecule has 1 heterocycles. The number of hydrogen-bond donors (Lipinski definition) is 0. The van der Waals surface area contributed by atoms with E-state index in [-0.39, 0.29) is 13.0 Å². The Morgan fingerprint density at radius 3 is 2.61 bits per heavy atom. The highest BCUT2D eigenvalue weighted by molar-refractivity contribution is 5.49. The van der Waals surface area contributed by atoms with Gasteiger partial charge >= 0.3 is 5.69 Å². The van der Waals surface area contributed by atoms with Gasteiger partial charge in [-0.2, -0.15) is 9.36 Å². The first-order valence-electron chi connectivity index (χ1n) is 8.97. The van der Waals surface area contributed by atoms with Crippen LogP contribution in [0.15, 0.2) is 41.2 Å². The Bertz CT molecular complexity index is 1100. The standard InChI is InChI=1S/C20H20F2N4O2/c1-12-7-8-13(2)18(9-12)28-11-15-14(16-10-20(16,21)22)5-4-6-17(15)26-19(27)25(3)23-24-26/h4-9,16H,10-11H2,1-3H3. The van der Waals surface area contributed by atoms with Gasteiger partial charge in [-0.25, -0.2) is 13.6 Å². The zero-order chi connectivity index (χ0) is 20.1. The van der Waals surface area contributed by atoms with E-state index in [0.29, 0.717) is 22.6 Å². The number of aromatic nitrogens is 4. The molecule has 6 nitrogen and oxygen atoms in total. The van der Waals surface area contributed by atoms with Crippen molar-refractivity contribution < 1.29 is 13.5 Å².